The maximum atomic E-state index is 12.9. The zero-order chi connectivity index (χ0) is 59.2. The SMILES string of the molecule is CCCCCCC/C=C\C/C=C\C/C=C\CCCCCCCCCCCCCCC(=O)OCC(COC(=O)CCCCCCCCCCCC)OC(=O)CCCCCCCCCCCCCCCCC/C=C\CCCCCCCCCC. The molecule has 0 rings (SSSR count). The van der Waals surface area contributed by atoms with Gasteiger partial charge in [0.15, 0.2) is 6.10 Å². The van der Waals surface area contributed by atoms with Gasteiger partial charge in [-0.2, -0.15) is 0 Å². The van der Waals surface area contributed by atoms with Crippen molar-refractivity contribution >= 4 is 17.9 Å². The Balaban J connectivity index is 4.14. The van der Waals surface area contributed by atoms with Crippen molar-refractivity contribution in [2.45, 2.75) is 406 Å². The summed E-state index contributed by atoms with van der Waals surface area (Å²) in [7, 11) is 0. The van der Waals surface area contributed by atoms with Crippen molar-refractivity contribution < 1.29 is 28.6 Å². The van der Waals surface area contributed by atoms with Gasteiger partial charge in [-0.05, 0) is 83.5 Å². The first-order valence-corrected chi connectivity index (χ1v) is 36.6. The van der Waals surface area contributed by atoms with E-state index in [1.54, 1.807) is 0 Å². The van der Waals surface area contributed by atoms with Crippen LogP contribution in [0.2, 0.25) is 0 Å². The lowest BCUT2D eigenvalue weighted by atomic mass is 10.0. The standard InChI is InChI=1S/C76H140O6/c1-4-7-10-13-16-19-22-24-26-28-30-32-34-36-38-40-42-44-46-48-50-52-54-57-60-63-66-69-75(78)81-72-73(71-80-74(77)68-65-62-59-56-21-18-15-12-9-6-3)82-76(79)70-67-64-61-58-55-53-51-49-47-45-43-41-39-37-35-33-31-29-27-25-23-20-17-14-11-8-5-2/h22,24,28-31,34,36,73H,4-21,23,25-27,32-33,35,37-72H2,1-3H3/b24-22-,30-28-,31-29-,36-34-. The molecule has 0 aliphatic carbocycles. The van der Waals surface area contributed by atoms with Gasteiger partial charge in [-0.3, -0.25) is 14.4 Å². The van der Waals surface area contributed by atoms with E-state index < -0.39 is 6.10 Å². The molecule has 0 spiro atoms. The third kappa shape index (κ3) is 68.2. The van der Waals surface area contributed by atoms with Gasteiger partial charge in [0, 0.05) is 19.3 Å². The van der Waals surface area contributed by atoms with Crippen molar-refractivity contribution in [3.63, 3.8) is 0 Å². The Morgan fingerprint density at radius 1 is 0.244 bits per heavy atom. The summed E-state index contributed by atoms with van der Waals surface area (Å²) < 4.78 is 17.0. The number of hydrogen-bond donors (Lipinski definition) is 0. The molecule has 0 fully saturated rings. The summed E-state index contributed by atoms with van der Waals surface area (Å²) in [5.74, 6) is -0.845. The van der Waals surface area contributed by atoms with Crippen molar-refractivity contribution in [3.8, 4) is 0 Å². The molecule has 0 amide bonds. The smallest absolute Gasteiger partial charge is 0.306 e. The van der Waals surface area contributed by atoms with Crippen molar-refractivity contribution in [1.82, 2.24) is 0 Å². The Morgan fingerprint density at radius 2 is 0.439 bits per heavy atom. The summed E-state index contributed by atoms with van der Waals surface area (Å²) in [6, 6.07) is 0. The fourth-order valence-corrected chi connectivity index (χ4v) is 11.0. The second-order valence-electron chi connectivity index (χ2n) is 24.9. The maximum Gasteiger partial charge on any atom is 0.306 e. The molecular weight excluding hydrogens is 1010 g/mol. The topological polar surface area (TPSA) is 78.9 Å². The van der Waals surface area contributed by atoms with Gasteiger partial charge in [-0.15, -0.1) is 0 Å². The first kappa shape index (κ1) is 79.4. The molecule has 82 heavy (non-hydrogen) atoms. The van der Waals surface area contributed by atoms with Gasteiger partial charge in [-0.1, -0.05) is 345 Å². The van der Waals surface area contributed by atoms with Crippen molar-refractivity contribution in [3.05, 3.63) is 48.6 Å². The number of esters is 3. The highest BCUT2D eigenvalue weighted by molar-refractivity contribution is 5.71. The number of rotatable bonds is 68. The van der Waals surface area contributed by atoms with E-state index in [9.17, 15) is 14.4 Å². The molecule has 6 nitrogen and oxygen atoms in total. The zero-order valence-electron chi connectivity index (χ0n) is 55.3. The van der Waals surface area contributed by atoms with E-state index in [2.05, 4.69) is 69.4 Å². The second kappa shape index (κ2) is 70.9. The lowest BCUT2D eigenvalue weighted by molar-refractivity contribution is -0.167. The van der Waals surface area contributed by atoms with E-state index in [0.29, 0.717) is 19.3 Å². The van der Waals surface area contributed by atoms with Crippen LogP contribution in [0.4, 0.5) is 0 Å². The normalized spacial score (nSPS) is 12.3. The van der Waals surface area contributed by atoms with Crippen LogP contribution in [0.15, 0.2) is 48.6 Å². The molecule has 1 unspecified atom stereocenters. The van der Waals surface area contributed by atoms with Gasteiger partial charge in [0.1, 0.15) is 13.2 Å². The minimum Gasteiger partial charge on any atom is -0.462 e. The maximum absolute atomic E-state index is 12.9. The summed E-state index contributed by atoms with van der Waals surface area (Å²) in [5.41, 5.74) is 0. The van der Waals surface area contributed by atoms with Gasteiger partial charge < -0.3 is 14.2 Å². The first-order valence-electron chi connectivity index (χ1n) is 36.6. The number of carbonyl (C=O) groups is 3. The van der Waals surface area contributed by atoms with E-state index in [0.717, 1.165) is 70.6 Å². The largest absolute Gasteiger partial charge is 0.462 e. The molecule has 0 bridgehead atoms. The third-order valence-electron chi connectivity index (χ3n) is 16.6. The number of hydrogen-bond acceptors (Lipinski definition) is 6. The van der Waals surface area contributed by atoms with Crippen LogP contribution in [0.3, 0.4) is 0 Å². The van der Waals surface area contributed by atoms with E-state index in [1.807, 2.05) is 0 Å². The zero-order valence-corrected chi connectivity index (χ0v) is 55.3. The van der Waals surface area contributed by atoms with Gasteiger partial charge >= 0.3 is 17.9 Å². The molecule has 0 aromatic carbocycles. The molecule has 0 aliphatic rings. The number of unbranched alkanes of at least 4 members (excludes halogenated alkanes) is 49. The molecule has 0 aromatic heterocycles. The van der Waals surface area contributed by atoms with Crippen LogP contribution in [0.25, 0.3) is 0 Å². The minimum atomic E-state index is -0.771. The Hall–Kier alpha value is -2.63. The van der Waals surface area contributed by atoms with Gasteiger partial charge in [0.2, 0.25) is 0 Å². The predicted molar refractivity (Wildman–Crippen MR) is 358 cm³/mol. The molecule has 0 aliphatic heterocycles. The second-order valence-corrected chi connectivity index (χ2v) is 24.9. The molecule has 0 saturated heterocycles. The fourth-order valence-electron chi connectivity index (χ4n) is 11.0. The summed E-state index contributed by atoms with van der Waals surface area (Å²) >= 11 is 0. The number of carbonyl (C=O) groups excluding carboxylic acids is 3. The predicted octanol–water partition coefficient (Wildman–Crippen LogP) is 25.3. The van der Waals surface area contributed by atoms with Gasteiger partial charge in [0.25, 0.3) is 0 Å². The highest BCUT2D eigenvalue weighted by Gasteiger charge is 2.19. The summed E-state index contributed by atoms with van der Waals surface area (Å²) in [5, 5.41) is 0. The van der Waals surface area contributed by atoms with Crippen molar-refractivity contribution in [1.29, 1.82) is 0 Å². The highest BCUT2D eigenvalue weighted by atomic mass is 16.6. The Labute approximate surface area is 511 Å². The molecule has 0 aromatic rings. The van der Waals surface area contributed by atoms with Crippen LogP contribution in [0.1, 0.15) is 400 Å². The molecule has 1 atom stereocenters. The average Bonchev–Trinajstić information content (AvgIpc) is 3.48. The molecule has 0 radical (unpaired) electrons. The van der Waals surface area contributed by atoms with Crippen LogP contribution in [-0.2, 0) is 28.6 Å². The number of ether oxygens (including phenoxy) is 3. The Bertz CT molecular complexity index is 1410. The van der Waals surface area contributed by atoms with Crippen molar-refractivity contribution in [2.75, 3.05) is 13.2 Å². The van der Waals surface area contributed by atoms with Crippen molar-refractivity contribution in [2.24, 2.45) is 0 Å². The van der Waals surface area contributed by atoms with Crippen LogP contribution < -0.4 is 0 Å². The van der Waals surface area contributed by atoms with Gasteiger partial charge in [-0.25, -0.2) is 0 Å². The lowest BCUT2D eigenvalue weighted by Crippen LogP contribution is -2.30. The monoisotopic (exact) mass is 1150 g/mol. The van der Waals surface area contributed by atoms with Crippen LogP contribution >= 0.6 is 0 Å². The number of allylic oxidation sites excluding steroid dienone is 8. The Kier molecular flexibility index (Phi) is 68.6. The molecular formula is C76H140O6. The molecule has 0 saturated carbocycles. The molecule has 6 heteroatoms. The van der Waals surface area contributed by atoms with E-state index in [1.165, 1.54) is 289 Å². The quantitative estimate of drug-likeness (QED) is 0.0261. The van der Waals surface area contributed by atoms with Crippen LogP contribution in [0, 0.1) is 0 Å². The fraction of sp³-hybridized carbons (Fsp3) is 0.855. The van der Waals surface area contributed by atoms with Gasteiger partial charge in [0.05, 0.1) is 0 Å². The summed E-state index contributed by atoms with van der Waals surface area (Å²) in [4.78, 5) is 38.4. The summed E-state index contributed by atoms with van der Waals surface area (Å²) in [6.07, 6.45) is 90.2. The van der Waals surface area contributed by atoms with E-state index >= 15 is 0 Å². The van der Waals surface area contributed by atoms with E-state index in [-0.39, 0.29) is 31.1 Å². The van der Waals surface area contributed by atoms with E-state index in [4.69, 9.17) is 14.2 Å². The molecule has 0 N–H and O–H groups in total. The average molecular weight is 1150 g/mol. The molecule has 480 valence electrons. The lowest BCUT2D eigenvalue weighted by Gasteiger charge is -2.18. The van der Waals surface area contributed by atoms with Crippen LogP contribution in [0.5, 0.6) is 0 Å². The Morgan fingerprint density at radius 3 is 0.695 bits per heavy atom. The minimum absolute atomic E-state index is 0.0684. The summed E-state index contributed by atoms with van der Waals surface area (Å²) in [6.45, 7) is 6.68. The first-order chi connectivity index (χ1) is 40.5. The van der Waals surface area contributed by atoms with Crippen LogP contribution in [-0.4, -0.2) is 37.2 Å². The highest BCUT2D eigenvalue weighted by Crippen LogP contribution is 2.18. The molecule has 0 heterocycles. The third-order valence-corrected chi connectivity index (χ3v) is 16.6.